The molecule has 4 aromatic carbocycles. The van der Waals surface area contributed by atoms with E-state index < -0.39 is 25.6 Å². The maximum atomic E-state index is 12.9. The van der Waals surface area contributed by atoms with E-state index in [4.69, 9.17) is 5.14 Å². The first-order chi connectivity index (χ1) is 30.1. The minimum Gasteiger partial charge on any atom is -0.506 e. The third kappa shape index (κ3) is 11.9. The summed E-state index contributed by atoms with van der Waals surface area (Å²) in [6, 6.07) is 26.1. The van der Waals surface area contributed by atoms with Gasteiger partial charge in [0.1, 0.15) is 11.5 Å². The quantitative estimate of drug-likeness (QED) is 0.0753. The highest BCUT2D eigenvalue weighted by atomic mass is 32.2. The van der Waals surface area contributed by atoms with Crippen LogP contribution in [0.2, 0.25) is 0 Å². The van der Waals surface area contributed by atoms with Gasteiger partial charge in [0, 0.05) is 64.4 Å². The number of hydrogen-bond donors (Lipinski definition) is 8. The zero-order chi connectivity index (χ0) is 47.0. The Morgan fingerprint density at radius 2 is 0.984 bits per heavy atom. The fourth-order valence-electron chi connectivity index (χ4n) is 6.53. The van der Waals surface area contributed by atoms with E-state index >= 15 is 0 Å². The van der Waals surface area contributed by atoms with E-state index in [1.165, 1.54) is 18.5 Å². The molecular weight excluding hydrogens is 861 g/mol. The minimum absolute atomic E-state index is 0.00501. The van der Waals surface area contributed by atoms with Crippen molar-refractivity contribution >= 4 is 31.9 Å². The highest BCUT2D eigenvalue weighted by molar-refractivity contribution is 7.89. The van der Waals surface area contributed by atoms with Crippen LogP contribution in [0, 0.1) is 13.8 Å². The van der Waals surface area contributed by atoms with E-state index in [1.54, 1.807) is 126 Å². The molecule has 0 spiro atoms. The molecule has 0 fully saturated rings. The highest BCUT2D eigenvalue weighted by Crippen LogP contribution is 2.30. The number of nitrogens with two attached hydrogens (primary N) is 1. The Hall–Kier alpha value is -6.54. The van der Waals surface area contributed by atoms with Crippen LogP contribution in [-0.4, -0.2) is 64.6 Å². The predicted octanol–water partition coefficient (Wildman–Crippen LogP) is 5.09. The SMILES string of the molecule is Cc1ncc(CNC(=O)c2ccc(-c3ccccc3S(=O)(=O)NC(C)(C)C)cc2)c(CO)c1O.Cc1ncc(CNC(=O)c2ccc(-c3ccccc3S(N)(=O)=O)cc2)c(CO)c1O. The van der Waals surface area contributed by atoms with E-state index in [0.717, 1.165) is 0 Å². The Kier molecular flexibility index (Phi) is 15.4. The number of carbonyl (C=O) groups is 2. The van der Waals surface area contributed by atoms with E-state index in [0.29, 0.717) is 67.0 Å². The smallest absolute Gasteiger partial charge is 0.251 e. The molecule has 0 aliphatic heterocycles. The van der Waals surface area contributed by atoms with E-state index in [2.05, 4.69) is 25.3 Å². The van der Waals surface area contributed by atoms with Gasteiger partial charge in [-0.2, -0.15) is 0 Å². The Bertz CT molecular complexity index is 2880. The van der Waals surface area contributed by atoms with Crippen LogP contribution >= 0.6 is 0 Å². The van der Waals surface area contributed by atoms with Crippen LogP contribution in [0.5, 0.6) is 11.5 Å². The number of aromatic hydroxyl groups is 2. The van der Waals surface area contributed by atoms with Crippen molar-refractivity contribution in [1.82, 2.24) is 25.3 Å². The van der Waals surface area contributed by atoms with Crippen molar-refractivity contribution < 1.29 is 46.9 Å². The number of hydrogen-bond acceptors (Lipinski definition) is 12. The first-order valence-electron chi connectivity index (χ1n) is 19.7. The Balaban J connectivity index is 0.000000243. The molecule has 0 unspecified atom stereocenters. The zero-order valence-electron chi connectivity index (χ0n) is 35.7. The molecule has 9 N–H and O–H groups in total. The second-order valence-corrected chi connectivity index (χ2v) is 18.8. The number of primary sulfonamides is 1. The van der Waals surface area contributed by atoms with Crippen molar-refractivity contribution in [3.8, 4) is 33.8 Å². The summed E-state index contributed by atoms with van der Waals surface area (Å²) in [5.74, 6) is -0.911. The van der Waals surface area contributed by atoms with Gasteiger partial charge in [-0.05, 0) is 93.3 Å². The van der Waals surface area contributed by atoms with Crippen LogP contribution in [0.25, 0.3) is 22.3 Å². The van der Waals surface area contributed by atoms with Crippen LogP contribution in [-0.2, 0) is 46.3 Å². The van der Waals surface area contributed by atoms with Crippen LogP contribution in [0.3, 0.4) is 0 Å². The molecule has 0 saturated carbocycles. The second-order valence-electron chi connectivity index (χ2n) is 15.6. The van der Waals surface area contributed by atoms with Crippen molar-refractivity contribution in [3.63, 3.8) is 0 Å². The van der Waals surface area contributed by atoms with Crippen molar-refractivity contribution in [2.24, 2.45) is 5.14 Å². The molecule has 336 valence electrons. The number of sulfonamides is 2. The van der Waals surface area contributed by atoms with E-state index in [1.807, 2.05) is 0 Å². The monoisotopic (exact) mass is 910 g/mol. The summed E-state index contributed by atoms with van der Waals surface area (Å²) < 4.78 is 52.1. The summed E-state index contributed by atoms with van der Waals surface area (Å²) in [7, 11) is -7.64. The number of aromatic nitrogens is 2. The molecule has 2 heterocycles. The zero-order valence-corrected chi connectivity index (χ0v) is 37.4. The summed E-state index contributed by atoms with van der Waals surface area (Å²) in [5, 5.41) is 49.8. The lowest BCUT2D eigenvalue weighted by Crippen LogP contribution is -2.40. The van der Waals surface area contributed by atoms with E-state index in [9.17, 15) is 46.9 Å². The Morgan fingerprint density at radius 3 is 1.36 bits per heavy atom. The summed E-state index contributed by atoms with van der Waals surface area (Å²) in [6.45, 7) is 7.98. The van der Waals surface area contributed by atoms with Gasteiger partial charge >= 0.3 is 0 Å². The molecule has 64 heavy (non-hydrogen) atoms. The Morgan fingerprint density at radius 1 is 0.609 bits per heavy atom. The van der Waals surface area contributed by atoms with Gasteiger partial charge in [0.2, 0.25) is 20.0 Å². The summed E-state index contributed by atoms with van der Waals surface area (Å²) in [4.78, 5) is 33.4. The van der Waals surface area contributed by atoms with Gasteiger partial charge in [-0.1, -0.05) is 60.7 Å². The fraction of sp³-hybridized carbons (Fsp3) is 0.217. The van der Waals surface area contributed by atoms with Crippen molar-refractivity contribution in [3.05, 3.63) is 154 Å². The van der Waals surface area contributed by atoms with Gasteiger partial charge in [-0.3, -0.25) is 19.6 Å². The summed E-state index contributed by atoms with van der Waals surface area (Å²) in [5.41, 5.74) is 4.80. The van der Waals surface area contributed by atoms with E-state index in [-0.39, 0.29) is 59.4 Å². The molecule has 6 aromatic rings. The standard InChI is InChI=1S/C25H29N3O5S.C21H21N3O5S/c1-16-23(30)21(15-29)19(13-26-16)14-27-24(31)18-11-9-17(10-12-18)20-7-5-6-8-22(20)34(32,33)28-25(2,3)4;1-13-20(26)18(12-25)16(10-23-13)11-24-21(27)15-8-6-14(7-9-15)17-4-2-3-5-19(17)30(22,28)29/h5-13,28-30H,14-15H2,1-4H3,(H,27,31);2-10,25-26H,11-12H2,1H3,(H,24,27)(H2,22,28,29). The Labute approximate surface area is 372 Å². The first kappa shape index (κ1) is 48.5. The topological polar surface area (TPSA) is 271 Å². The van der Waals surface area contributed by atoms with Crippen molar-refractivity contribution in [2.75, 3.05) is 0 Å². The van der Waals surface area contributed by atoms with Crippen LogP contribution in [0.15, 0.2) is 119 Å². The van der Waals surface area contributed by atoms with Gasteiger partial charge in [0.25, 0.3) is 11.8 Å². The minimum atomic E-state index is -3.89. The molecule has 18 heteroatoms. The summed E-state index contributed by atoms with van der Waals surface area (Å²) >= 11 is 0. The number of benzene rings is 4. The molecule has 0 aliphatic rings. The van der Waals surface area contributed by atoms with Crippen molar-refractivity contribution in [2.45, 2.75) is 76.3 Å². The number of nitrogens with zero attached hydrogens (tertiary/aromatic N) is 2. The van der Waals surface area contributed by atoms with Crippen LogP contribution in [0.1, 0.15) is 75.1 Å². The first-order valence-corrected chi connectivity index (χ1v) is 22.7. The third-order valence-electron chi connectivity index (χ3n) is 9.78. The number of nitrogens with one attached hydrogen (secondary N) is 3. The second kappa shape index (κ2) is 20.3. The maximum absolute atomic E-state index is 12.9. The molecule has 0 bridgehead atoms. The highest BCUT2D eigenvalue weighted by Gasteiger charge is 2.25. The normalized spacial score (nSPS) is 11.6. The molecular formula is C46H50N6O10S2. The van der Waals surface area contributed by atoms with Crippen LogP contribution < -0.4 is 20.5 Å². The third-order valence-corrected chi connectivity index (χ3v) is 12.6. The predicted molar refractivity (Wildman–Crippen MR) is 241 cm³/mol. The van der Waals surface area contributed by atoms with Crippen LogP contribution in [0.4, 0.5) is 0 Å². The molecule has 2 amide bonds. The number of amides is 2. The number of carbonyl (C=O) groups excluding carboxylic acids is 2. The molecule has 16 nitrogen and oxygen atoms in total. The molecule has 0 atom stereocenters. The number of pyridine rings is 2. The molecule has 6 rings (SSSR count). The lowest BCUT2D eigenvalue weighted by molar-refractivity contribution is 0.0942. The fourth-order valence-corrected chi connectivity index (χ4v) is 8.94. The number of aliphatic hydroxyl groups excluding tert-OH is 2. The lowest BCUT2D eigenvalue weighted by Gasteiger charge is -2.21. The van der Waals surface area contributed by atoms with Gasteiger partial charge < -0.3 is 31.1 Å². The largest absolute Gasteiger partial charge is 0.506 e. The van der Waals surface area contributed by atoms with Gasteiger partial charge in [-0.25, -0.2) is 26.7 Å². The molecule has 2 aromatic heterocycles. The van der Waals surface area contributed by atoms with Gasteiger partial charge in [0.05, 0.1) is 34.4 Å². The van der Waals surface area contributed by atoms with Crippen molar-refractivity contribution in [1.29, 1.82) is 0 Å². The number of aryl methyl sites for hydroxylation is 2. The molecule has 0 saturated heterocycles. The molecule has 0 aliphatic carbocycles. The maximum Gasteiger partial charge on any atom is 0.251 e. The molecule has 0 radical (unpaired) electrons. The number of aliphatic hydroxyl groups is 2. The summed E-state index contributed by atoms with van der Waals surface area (Å²) in [6.07, 6.45) is 3.00. The lowest BCUT2D eigenvalue weighted by atomic mass is 10.0. The average molecular weight is 911 g/mol. The van der Waals surface area contributed by atoms with Gasteiger partial charge in [-0.15, -0.1) is 0 Å². The average Bonchev–Trinajstić information content (AvgIpc) is 3.26. The number of rotatable bonds is 13. The van der Waals surface area contributed by atoms with Gasteiger partial charge in [0.15, 0.2) is 0 Å².